The molecule has 0 atom stereocenters. The van der Waals surface area contributed by atoms with Crippen LogP contribution in [0.3, 0.4) is 0 Å². The molecular weight excluding hydrogens is 324 g/mol. The van der Waals surface area contributed by atoms with E-state index in [1.807, 2.05) is 60.7 Å². The Kier molecular flexibility index (Phi) is 4.13. The van der Waals surface area contributed by atoms with E-state index in [0.29, 0.717) is 17.6 Å². The van der Waals surface area contributed by atoms with Crippen molar-refractivity contribution in [3.8, 4) is 5.69 Å². The molecule has 4 rings (SSSR count). The second-order valence-electron chi connectivity index (χ2n) is 6.63. The zero-order valence-electron chi connectivity index (χ0n) is 14.8. The standard InChI is InChI=1S/C21H20N4O/c1-15(2)19-23-20-18(13-22-25(20)17-11-7-4-8-12-17)21(26)24(19)14-16-9-5-3-6-10-16/h3-13,15H,14H2,1-2H3. The van der Waals surface area contributed by atoms with E-state index in [2.05, 4.69) is 18.9 Å². The summed E-state index contributed by atoms with van der Waals surface area (Å²) in [5.41, 5.74) is 2.52. The Bertz CT molecular complexity index is 1100. The quantitative estimate of drug-likeness (QED) is 0.566. The van der Waals surface area contributed by atoms with Gasteiger partial charge in [0.2, 0.25) is 0 Å². The fourth-order valence-electron chi connectivity index (χ4n) is 3.14. The number of benzene rings is 2. The summed E-state index contributed by atoms with van der Waals surface area (Å²) in [5, 5.41) is 4.95. The molecule has 0 aliphatic rings. The van der Waals surface area contributed by atoms with Crippen LogP contribution < -0.4 is 5.56 Å². The van der Waals surface area contributed by atoms with E-state index in [9.17, 15) is 4.79 Å². The van der Waals surface area contributed by atoms with Crippen LogP contribution in [-0.4, -0.2) is 19.3 Å². The molecule has 2 heterocycles. The maximum Gasteiger partial charge on any atom is 0.264 e. The molecule has 0 saturated carbocycles. The lowest BCUT2D eigenvalue weighted by molar-refractivity contribution is 0.632. The van der Waals surface area contributed by atoms with Crippen molar-refractivity contribution in [2.75, 3.05) is 0 Å². The van der Waals surface area contributed by atoms with Crippen LogP contribution in [0.4, 0.5) is 0 Å². The molecule has 130 valence electrons. The van der Waals surface area contributed by atoms with Crippen LogP contribution in [0, 0.1) is 0 Å². The van der Waals surface area contributed by atoms with Gasteiger partial charge < -0.3 is 0 Å². The van der Waals surface area contributed by atoms with Gasteiger partial charge in [0.25, 0.3) is 5.56 Å². The number of rotatable bonds is 4. The molecule has 0 saturated heterocycles. The normalized spacial score (nSPS) is 11.3. The van der Waals surface area contributed by atoms with Gasteiger partial charge in [-0.1, -0.05) is 62.4 Å². The Morgan fingerprint density at radius 3 is 2.27 bits per heavy atom. The highest BCUT2D eigenvalue weighted by atomic mass is 16.1. The summed E-state index contributed by atoms with van der Waals surface area (Å²) in [7, 11) is 0. The van der Waals surface area contributed by atoms with Gasteiger partial charge >= 0.3 is 0 Å². The predicted molar refractivity (Wildman–Crippen MR) is 103 cm³/mol. The van der Waals surface area contributed by atoms with E-state index in [0.717, 1.165) is 17.1 Å². The molecule has 5 nitrogen and oxygen atoms in total. The summed E-state index contributed by atoms with van der Waals surface area (Å²) in [4.78, 5) is 18.0. The number of hydrogen-bond acceptors (Lipinski definition) is 3. The van der Waals surface area contributed by atoms with Gasteiger partial charge in [0.1, 0.15) is 11.2 Å². The van der Waals surface area contributed by atoms with Crippen LogP contribution in [0.5, 0.6) is 0 Å². The molecule has 4 aromatic rings. The Morgan fingerprint density at radius 2 is 1.62 bits per heavy atom. The lowest BCUT2D eigenvalue weighted by Gasteiger charge is -2.15. The van der Waals surface area contributed by atoms with Crippen molar-refractivity contribution < 1.29 is 0 Å². The topological polar surface area (TPSA) is 52.7 Å². The smallest absolute Gasteiger partial charge is 0.264 e. The average molecular weight is 344 g/mol. The molecule has 0 unspecified atom stereocenters. The monoisotopic (exact) mass is 344 g/mol. The van der Waals surface area contributed by atoms with Gasteiger partial charge in [0, 0.05) is 5.92 Å². The lowest BCUT2D eigenvalue weighted by Crippen LogP contribution is -2.26. The van der Waals surface area contributed by atoms with Crippen molar-refractivity contribution in [3.63, 3.8) is 0 Å². The van der Waals surface area contributed by atoms with Gasteiger partial charge in [0.05, 0.1) is 18.4 Å². The zero-order valence-corrected chi connectivity index (χ0v) is 14.8. The van der Waals surface area contributed by atoms with Crippen LogP contribution in [0.15, 0.2) is 71.7 Å². The van der Waals surface area contributed by atoms with E-state index < -0.39 is 0 Å². The molecule has 0 aliphatic carbocycles. The van der Waals surface area contributed by atoms with Crippen molar-refractivity contribution in [2.24, 2.45) is 0 Å². The molecule has 0 bridgehead atoms. The van der Waals surface area contributed by atoms with Gasteiger partial charge in [-0.15, -0.1) is 0 Å². The highest BCUT2D eigenvalue weighted by molar-refractivity contribution is 5.75. The van der Waals surface area contributed by atoms with E-state index in [4.69, 9.17) is 4.98 Å². The van der Waals surface area contributed by atoms with Crippen LogP contribution in [0.25, 0.3) is 16.7 Å². The highest BCUT2D eigenvalue weighted by Gasteiger charge is 2.18. The van der Waals surface area contributed by atoms with E-state index >= 15 is 0 Å². The fraction of sp³-hybridized carbons (Fsp3) is 0.190. The molecular formula is C21H20N4O. The summed E-state index contributed by atoms with van der Waals surface area (Å²) in [6.45, 7) is 4.61. The van der Waals surface area contributed by atoms with Crippen LogP contribution >= 0.6 is 0 Å². The second-order valence-corrected chi connectivity index (χ2v) is 6.63. The van der Waals surface area contributed by atoms with Gasteiger partial charge in [0.15, 0.2) is 5.65 Å². The molecule has 26 heavy (non-hydrogen) atoms. The molecule has 5 heteroatoms. The van der Waals surface area contributed by atoms with E-state index in [-0.39, 0.29) is 11.5 Å². The van der Waals surface area contributed by atoms with Gasteiger partial charge in [-0.3, -0.25) is 9.36 Å². The molecule has 0 spiro atoms. The first kappa shape index (κ1) is 16.3. The molecule has 2 aromatic carbocycles. The van der Waals surface area contributed by atoms with Gasteiger partial charge in [-0.25, -0.2) is 9.67 Å². The third kappa shape index (κ3) is 2.81. The Balaban J connectivity index is 1.92. The lowest BCUT2D eigenvalue weighted by atomic mass is 10.1. The summed E-state index contributed by atoms with van der Waals surface area (Å²) >= 11 is 0. The SMILES string of the molecule is CC(C)c1nc2c(cnn2-c2ccccc2)c(=O)n1Cc1ccccc1. The highest BCUT2D eigenvalue weighted by Crippen LogP contribution is 2.18. The first-order valence-electron chi connectivity index (χ1n) is 8.73. The molecule has 0 N–H and O–H groups in total. The minimum Gasteiger partial charge on any atom is -0.291 e. The summed E-state index contributed by atoms with van der Waals surface area (Å²) in [6.07, 6.45) is 1.61. The van der Waals surface area contributed by atoms with Crippen LogP contribution in [-0.2, 0) is 6.54 Å². The van der Waals surface area contributed by atoms with E-state index in [1.54, 1.807) is 15.4 Å². The first-order valence-corrected chi connectivity index (χ1v) is 8.73. The summed E-state index contributed by atoms with van der Waals surface area (Å²) in [5.74, 6) is 0.888. The van der Waals surface area contributed by atoms with Crippen molar-refractivity contribution in [2.45, 2.75) is 26.3 Å². The van der Waals surface area contributed by atoms with Crippen molar-refractivity contribution >= 4 is 11.0 Å². The van der Waals surface area contributed by atoms with Crippen LogP contribution in [0.1, 0.15) is 31.2 Å². The Hall–Kier alpha value is -3.21. The summed E-state index contributed by atoms with van der Waals surface area (Å²) in [6, 6.07) is 19.7. The number of fused-ring (bicyclic) bond motifs is 1. The summed E-state index contributed by atoms with van der Waals surface area (Å²) < 4.78 is 3.49. The Morgan fingerprint density at radius 1 is 0.962 bits per heavy atom. The van der Waals surface area contributed by atoms with Crippen molar-refractivity contribution in [1.82, 2.24) is 19.3 Å². The van der Waals surface area contributed by atoms with E-state index in [1.165, 1.54) is 0 Å². The van der Waals surface area contributed by atoms with Crippen molar-refractivity contribution in [3.05, 3.63) is 88.6 Å². The number of para-hydroxylation sites is 1. The largest absolute Gasteiger partial charge is 0.291 e. The molecule has 0 aliphatic heterocycles. The fourth-order valence-corrected chi connectivity index (χ4v) is 3.14. The third-order valence-electron chi connectivity index (χ3n) is 4.42. The molecule has 0 radical (unpaired) electrons. The first-order chi connectivity index (χ1) is 12.6. The zero-order chi connectivity index (χ0) is 18.1. The average Bonchev–Trinajstić information content (AvgIpc) is 3.09. The number of hydrogen-bond donors (Lipinski definition) is 0. The number of nitrogens with zero attached hydrogens (tertiary/aromatic N) is 4. The van der Waals surface area contributed by atoms with Crippen molar-refractivity contribution in [1.29, 1.82) is 0 Å². The van der Waals surface area contributed by atoms with Gasteiger partial charge in [-0.2, -0.15) is 5.10 Å². The second kappa shape index (κ2) is 6.59. The maximum atomic E-state index is 13.2. The predicted octanol–water partition coefficient (Wildman–Crippen LogP) is 3.75. The minimum atomic E-state index is -0.0512. The maximum absolute atomic E-state index is 13.2. The Labute approximate surface area is 151 Å². The minimum absolute atomic E-state index is 0.0512. The van der Waals surface area contributed by atoms with Gasteiger partial charge in [-0.05, 0) is 17.7 Å². The third-order valence-corrected chi connectivity index (χ3v) is 4.42. The van der Waals surface area contributed by atoms with Crippen LogP contribution in [0.2, 0.25) is 0 Å². The molecule has 2 aromatic heterocycles. The number of aromatic nitrogens is 4. The molecule has 0 fully saturated rings. The molecule has 0 amide bonds.